The molecule has 36 N–H and O–H groups in total. The molecule has 146 heavy (non-hydrogen) atoms. The third-order valence-corrected chi connectivity index (χ3v) is 27.0. The number of rotatable bonds is 37. The van der Waals surface area contributed by atoms with E-state index in [-0.39, 0.29) is 0 Å². The van der Waals surface area contributed by atoms with Gasteiger partial charge < -0.3 is 294 Å². The highest BCUT2D eigenvalue weighted by atomic mass is 16.8. The maximum absolute atomic E-state index is 13.6. The number of aliphatic hydroxyl groups excluding tert-OH is 31. The highest BCUT2D eigenvalue weighted by Gasteiger charge is 2.64. The van der Waals surface area contributed by atoms with Gasteiger partial charge in [0.1, 0.15) is 280 Å². The van der Waals surface area contributed by atoms with Gasteiger partial charge in [0.15, 0.2) is 75.5 Å². The second-order valence-corrected chi connectivity index (χ2v) is 37.3. The molecule has 12 fully saturated rings. The number of nitrogens with one attached hydrogen (secondary N) is 5. The fraction of sp³-hybridized carbons (Fsp3) is 0.939. The summed E-state index contributed by atoms with van der Waals surface area (Å²) in [5.74, 6) is -5.11. The van der Waals surface area contributed by atoms with Crippen molar-refractivity contribution in [3.05, 3.63) is 0 Å². The number of carbonyl (C=O) groups is 5. The molecular formula is C82H137N5O59. The molecule has 0 aromatic carbocycles. The van der Waals surface area contributed by atoms with Gasteiger partial charge in [-0.25, -0.2) is 0 Å². The van der Waals surface area contributed by atoms with E-state index in [0.29, 0.717) is 0 Å². The zero-order valence-electron chi connectivity index (χ0n) is 79.0. The van der Waals surface area contributed by atoms with Gasteiger partial charge in [0.05, 0.1) is 78.3 Å². The summed E-state index contributed by atoms with van der Waals surface area (Å²) in [5.41, 5.74) is 0. The van der Waals surface area contributed by atoms with E-state index >= 15 is 0 Å². The SMILES string of the molecule is CC(=O)N[C@H]1[C@H](O[C@H]2[C@H](O)[C@@H](NC(C)=O)C(O)O[C@@H]2CO[C@@H]2O[C@@H](C)[C@@H](O)[C@@H](O)[C@@H]2O)O[C@H](CO)[C@@H](O[C@@H]2O[C@H](CO[C@H]3O[C@H](CO)[C@@H](O)[C@H](O)[C@@H]3O[C@@H]3O[C@H](CO)[C@@H](O[C@@H]4O[C@H](CO)[C@H](O)[C@H](O)[C@H]4O)[C@H](O)[C@H]3NC(C)=O)[C@@H](O[C@@H]3O[C@H](CO)[C@@H](O)[C@H](O)[C@H]3NC(C)=O)[C@H](O[C@H]3O[C@H](CO)[C@@H](O)[C@H](O)[C@@H]3O[C@@H]3O[C@H](CO)[C@@H](O[C@@H]4O[C@H](CO)[C@H](O)[C@H](O)[C@H]4O[C@@H]4O[C@@H](C)[C@@H](O)[C@@H](O)[C@@H]4O)[C@H](O)[C@H]3NC(C)=O)[C@@H]2O)[C@@H]1O. The van der Waals surface area contributed by atoms with Gasteiger partial charge in [0.2, 0.25) is 29.5 Å². The second kappa shape index (κ2) is 52.2. The highest BCUT2D eigenvalue weighted by Crippen LogP contribution is 2.43. The summed E-state index contributed by atoms with van der Waals surface area (Å²) < 4.78 is 141. The molecule has 1 unspecified atom stereocenters. The molecule has 60 atom stereocenters. The van der Waals surface area contributed by atoms with E-state index in [1.54, 1.807) is 0 Å². The van der Waals surface area contributed by atoms with E-state index in [4.69, 9.17) is 109 Å². The zero-order chi connectivity index (χ0) is 107. The van der Waals surface area contributed by atoms with Crippen LogP contribution in [0.4, 0.5) is 0 Å². The lowest BCUT2D eigenvalue weighted by atomic mass is 9.93. The van der Waals surface area contributed by atoms with Crippen molar-refractivity contribution >= 4 is 29.5 Å². The lowest BCUT2D eigenvalue weighted by Crippen LogP contribution is -2.72. The van der Waals surface area contributed by atoms with Crippen LogP contribution in [0, 0.1) is 0 Å². The van der Waals surface area contributed by atoms with Gasteiger partial charge in [-0.05, 0) is 13.8 Å². The third-order valence-electron chi connectivity index (χ3n) is 27.0. The highest BCUT2D eigenvalue weighted by molar-refractivity contribution is 5.75. The molecule has 844 valence electrons. The van der Waals surface area contributed by atoms with E-state index in [0.717, 1.165) is 34.6 Å². The number of ether oxygens (including phenoxy) is 23. The van der Waals surface area contributed by atoms with Crippen LogP contribution in [-0.4, -0.2) is 622 Å². The van der Waals surface area contributed by atoms with Gasteiger partial charge in [-0.2, -0.15) is 0 Å². The summed E-state index contributed by atoms with van der Waals surface area (Å²) in [7, 11) is 0. The van der Waals surface area contributed by atoms with Crippen LogP contribution < -0.4 is 26.6 Å². The van der Waals surface area contributed by atoms with Crippen LogP contribution in [-0.2, 0) is 133 Å². The Labute approximate surface area is 827 Å². The van der Waals surface area contributed by atoms with Crippen molar-refractivity contribution in [2.75, 3.05) is 66.1 Å². The molecule has 64 heteroatoms. The van der Waals surface area contributed by atoms with Gasteiger partial charge in [-0.1, -0.05) is 0 Å². The predicted octanol–water partition coefficient (Wildman–Crippen LogP) is -24.4. The quantitative estimate of drug-likeness (QED) is 0.0275. The molecule has 64 nitrogen and oxygen atoms in total. The minimum Gasteiger partial charge on any atom is -0.394 e. The molecule has 0 spiro atoms. The van der Waals surface area contributed by atoms with Crippen LogP contribution >= 0.6 is 0 Å². The summed E-state index contributed by atoms with van der Waals surface area (Å²) in [4.78, 5) is 66.3. The predicted molar refractivity (Wildman–Crippen MR) is 450 cm³/mol. The van der Waals surface area contributed by atoms with Gasteiger partial charge in [0, 0.05) is 34.6 Å². The molecule has 12 aliphatic heterocycles. The number of carbonyl (C=O) groups excluding carboxylic acids is 5. The first-order valence-corrected chi connectivity index (χ1v) is 46.9. The van der Waals surface area contributed by atoms with Crippen LogP contribution in [0.5, 0.6) is 0 Å². The Morgan fingerprint density at radius 2 is 0.418 bits per heavy atom. The topological polar surface area (TPSA) is 985 Å². The molecule has 12 aliphatic rings. The number of amides is 5. The molecule has 0 aromatic heterocycles. The van der Waals surface area contributed by atoms with Gasteiger partial charge in [0.25, 0.3) is 0 Å². The van der Waals surface area contributed by atoms with Crippen molar-refractivity contribution < 1.29 is 291 Å². The Morgan fingerprint density at radius 1 is 0.192 bits per heavy atom. The fourth-order valence-corrected chi connectivity index (χ4v) is 19.1. The number of hydrogen-bond donors (Lipinski definition) is 36. The summed E-state index contributed by atoms with van der Waals surface area (Å²) in [5, 5.41) is 365. The fourth-order valence-electron chi connectivity index (χ4n) is 19.1. The van der Waals surface area contributed by atoms with Crippen molar-refractivity contribution in [2.24, 2.45) is 0 Å². The average Bonchev–Trinajstić information content (AvgIpc) is 0.945. The Balaban J connectivity index is 0.954. The summed E-state index contributed by atoms with van der Waals surface area (Å²) >= 11 is 0. The molecule has 0 aliphatic carbocycles. The Morgan fingerprint density at radius 3 is 0.801 bits per heavy atom. The Hall–Kier alpha value is -4.81. The van der Waals surface area contributed by atoms with Gasteiger partial charge in [-0.3, -0.25) is 24.0 Å². The molecule has 0 bridgehead atoms. The Kier molecular flexibility index (Phi) is 42.8. The van der Waals surface area contributed by atoms with Crippen molar-refractivity contribution in [1.82, 2.24) is 26.6 Å². The monoisotopic (exact) mass is 2140 g/mol. The Bertz CT molecular complexity index is 4090. The maximum Gasteiger partial charge on any atom is 0.217 e. The van der Waals surface area contributed by atoms with Crippen LogP contribution in [0.2, 0.25) is 0 Å². The van der Waals surface area contributed by atoms with Gasteiger partial charge in [-0.15, -0.1) is 0 Å². The first-order valence-electron chi connectivity index (χ1n) is 46.9. The van der Waals surface area contributed by atoms with E-state index in [1.807, 2.05) is 0 Å². The lowest BCUT2D eigenvalue weighted by Gasteiger charge is -2.52. The van der Waals surface area contributed by atoms with Crippen molar-refractivity contribution in [3.8, 4) is 0 Å². The smallest absolute Gasteiger partial charge is 0.217 e. The molecule has 0 radical (unpaired) electrons. The summed E-state index contributed by atoms with van der Waals surface area (Å²) in [6.07, 6.45) is -119. The zero-order valence-corrected chi connectivity index (χ0v) is 79.0. The van der Waals surface area contributed by atoms with E-state index in [2.05, 4.69) is 26.6 Å². The van der Waals surface area contributed by atoms with E-state index < -0.39 is 464 Å². The molecule has 5 amide bonds. The standard InChI is InChI=1S/C82H137N5O59/c1-18-40(101)52(113)58(119)76(126-18)124-16-33-65(48(109)35(71(123)128-33)83-20(3)96)138-73-37(85-22(5)98)49(110)63(31(14-94)134-73)140-79-61(122)67(143-82-69(56(117)45(106)29(12-92)133-82)145-75-39(87-24(7)100)51(112)64(32(15-95)136-75)141-81-70(57(118)46(107)28(11-91)132-81)146-77-59(120)53(114)41(102)19(2)127-77)66(142-72-36(84-21(4)97)47(108)42(103)25(8-88)129-72)34(137-79)17-125-80-68(55(116)44(105)27(10-90)131-80)144-74-38(86-23(6)99)50(111)62(30(13-93)135-74)139-78-60(121)54(115)43(104)26(9-89)130-78/h18-19,25-82,88-95,101-123H,8-17H2,1-7H3,(H,83,96)(H,84,97)(H,85,98)(H,86,99)(H,87,100)/t18-,19-,25+,26+,27+,28+,29+,30+,31+,32+,33+,34+,35+,36+,37+,38+,39+,40+,41+,42+,43-,44+,45+,46-,47+,48+,49+,50+,51+,52+,53+,54-,55-,56-,57-,58-,59-,60+,61-,62+,63+,64+,65+,66+,67+,68-,69-,70+,71?,72-,73-,74-,75-,76+,77-,78-,79-,80-,81-,82+/m0/s1. The summed E-state index contributed by atoms with van der Waals surface area (Å²) in [6, 6.07) is -10.3. The van der Waals surface area contributed by atoms with Crippen molar-refractivity contribution in [3.63, 3.8) is 0 Å². The first kappa shape index (κ1) is 120. The third kappa shape index (κ3) is 26.4. The molecular weight excluding hydrogens is 2000 g/mol. The van der Waals surface area contributed by atoms with E-state index in [1.165, 1.54) is 13.8 Å². The molecule has 12 heterocycles. The molecule has 12 saturated heterocycles. The van der Waals surface area contributed by atoms with Gasteiger partial charge >= 0.3 is 0 Å². The minimum absolute atomic E-state index is 0.862. The normalized spacial score (nSPS) is 49.8. The van der Waals surface area contributed by atoms with Crippen LogP contribution in [0.15, 0.2) is 0 Å². The van der Waals surface area contributed by atoms with E-state index in [9.17, 15) is 182 Å². The molecule has 0 saturated carbocycles. The minimum atomic E-state index is -2.87. The first-order chi connectivity index (χ1) is 69.0. The largest absolute Gasteiger partial charge is 0.394 e. The van der Waals surface area contributed by atoms with Crippen LogP contribution in [0.1, 0.15) is 48.5 Å². The number of hydrogen-bond acceptors (Lipinski definition) is 59. The average molecular weight is 2140 g/mol. The van der Waals surface area contributed by atoms with Crippen LogP contribution in [0.25, 0.3) is 0 Å². The molecule has 0 aromatic rings. The maximum atomic E-state index is 13.6. The van der Waals surface area contributed by atoms with Crippen molar-refractivity contribution in [1.29, 1.82) is 0 Å². The second-order valence-electron chi connectivity index (χ2n) is 37.3. The molecule has 12 rings (SSSR count). The lowest BCUT2D eigenvalue weighted by molar-refractivity contribution is -0.410. The summed E-state index contributed by atoms with van der Waals surface area (Å²) in [6.45, 7) is -5.16. The van der Waals surface area contributed by atoms with Crippen LogP contribution in [0.3, 0.4) is 0 Å². The number of aliphatic hydroxyl groups is 31. The van der Waals surface area contributed by atoms with Crippen molar-refractivity contribution in [2.45, 2.75) is 417 Å².